The van der Waals surface area contributed by atoms with Crippen LogP contribution in [0.5, 0.6) is 0 Å². The minimum absolute atomic E-state index is 0.0551. The van der Waals surface area contributed by atoms with Crippen molar-refractivity contribution in [1.29, 1.82) is 0 Å². The molecule has 0 aromatic carbocycles. The minimum atomic E-state index is -0.898. The molecular formula is C30H51N3O3S2. The van der Waals surface area contributed by atoms with Gasteiger partial charge in [-0.25, -0.2) is 9.78 Å². The molecule has 2 aliphatic rings. The van der Waals surface area contributed by atoms with Crippen molar-refractivity contribution in [2.24, 2.45) is 5.92 Å². The molecule has 216 valence electrons. The van der Waals surface area contributed by atoms with Gasteiger partial charge in [-0.1, -0.05) is 116 Å². The molecule has 2 aliphatic carbocycles. The van der Waals surface area contributed by atoms with Gasteiger partial charge in [-0.2, -0.15) is 0 Å². The molecule has 38 heavy (non-hydrogen) atoms. The number of nitrogens with zero attached hydrogens (tertiary/aromatic N) is 2. The lowest BCUT2D eigenvalue weighted by molar-refractivity contribution is -0.136. The van der Waals surface area contributed by atoms with Crippen molar-refractivity contribution in [2.75, 3.05) is 5.32 Å². The van der Waals surface area contributed by atoms with E-state index in [9.17, 15) is 14.7 Å². The van der Waals surface area contributed by atoms with Gasteiger partial charge in [0.2, 0.25) is 0 Å². The standard InChI is InChI=1S/C21H33N3O3S2.C7H12.C2H6/c1-14(2)28-19-17(13-18(25)26)22-20(29-19)23-21(27)24(15-9-5-3-6-10-15)16-11-7-4-8-12-16;1-4-5-6-7(2)3;1-2/h14-16H,3-13H2,1-2H3,(H,25,26)(H,22,23,27);4-7H,1H2,2-3H3;1-2H3/b;6-5-;. The highest BCUT2D eigenvalue weighted by Crippen LogP contribution is 2.36. The maximum absolute atomic E-state index is 13.3. The number of allylic oxidation sites excluding steroid dienone is 3. The molecule has 2 amide bonds. The van der Waals surface area contributed by atoms with Gasteiger partial charge in [0, 0.05) is 17.3 Å². The highest BCUT2D eigenvalue weighted by Gasteiger charge is 2.33. The molecule has 0 radical (unpaired) electrons. The summed E-state index contributed by atoms with van der Waals surface area (Å²) in [6.45, 7) is 16.0. The third kappa shape index (κ3) is 12.8. The predicted molar refractivity (Wildman–Crippen MR) is 165 cm³/mol. The zero-order valence-corrected chi connectivity index (χ0v) is 26.1. The van der Waals surface area contributed by atoms with Crippen LogP contribution in [0.4, 0.5) is 9.93 Å². The Balaban J connectivity index is 0.000000696. The fraction of sp³-hybridized carbons (Fsp3) is 0.700. The summed E-state index contributed by atoms with van der Waals surface area (Å²) in [5, 5.41) is 13.1. The molecule has 2 saturated carbocycles. The normalized spacial score (nSPS) is 16.4. The molecule has 6 nitrogen and oxygen atoms in total. The van der Waals surface area contributed by atoms with E-state index in [1.165, 1.54) is 49.9 Å². The predicted octanol–water partition coefficient (Wildman–Crippen LogP) is 9.18. The van der Waals surface area contributed by atoms with Crippen LogP contribution in [0, 0.1) is 5.92 Å². The summed E-state index contributed by atoms with van der Waals surface area (Å²) in [5.74, 6) is -0.247. The molecule has 1 heterocycles. The van der Waals surface area contributed by atoms with Gasteiger partial charge in [-0.05, 0) is 31.6 Å². The Bertz CT molecular complexity index is 837. The molecule has 0 saturated heterocycles. The van der Waals surface area contributed by atoms with E-state index in [0.29, 0.717) is 34.1 Å². The number of carboxylic acid groups (broad SMARTS) is 1. The van der Waals surface area contributed by atoms with Crippen molar-refractivity contribution in [3.63, 3.8) is 0 Å². The molecule has 0 atom stereocenters. The first-order valence-electron chi connectivity index (χ1n) is 14.5. The number of carbonyl (C=O) groups excluding carboxylic acids is 1. The first kappa shape index (κ1) is 34.2. The molecule has 1 aromatic heterocycles. The topological polar surface area (TPSA) is 82.5 Å². The van der Waals surface area contributed by atoms with E-state index in [4.69, 9.17) is 0 Å². The summed E-state index contributed by atoms with van der Waals surface area (Å²) < 4.78 is 0.889. The van der Waals surface area contributed by atoms with Gasteiger partial charge < -0.3 is 10.0 Å². The van der Waals surface area contributed by atoms with E-state index in [0.717, 1.165) is 29.9 Å². The molecule has 0 aliphatic heterocycles. The second kappa shape index (κ2) is 19.3. The van der Waals surface area contributed by atoms with Crippen LogP contribution in [0.15, 0.2) is 29.0 Å². The molecule has 2 N–H and O–H groups in total. The number of urea groups is 1. The number of anilines is 1. The van der Waals surface area contributed by atoms with Crippen LogP contribution in [0.1, 0.15) is 111 Å². The monoisotopic (exact) mass is 565 g/mol. The summed E-state index contributed by atoms with van der Waals surface area (Å²) in [7, 11) is 0. The molecule has 0 bridgehead atoms. The zero-order chi connectivity index (χ0) is 28.5. The Hall–Kier alpha value is -1.80. The van der Waals surface area contributed by atoms with E-state index < -0.39 is 5.97 Å². The van der Waals surface area contributed by atoms with Gasteiger partial charge in [-0.3, -0.25) is 10.1 Å². The van der Waals surface area contributed by atoms with Crippen LogP contribution in [0.25, 0.3) is 0 Å². The van der Waals surface area contributed by atoms with Crippen LogP contribution in [-0.4, -0.2) is 44.3 Å². The summed E-state index contributed by atoms with van der Waals surface area (Å²) >= 11 is 3.01. The summed E-state index contributed by atoms with van der Waals surface area (Å²) in [5.41, 5.74) is 0.554. The van der Waals surface area contributed by atoms with Gasteiger partial charge in [0.1, 0.15) is 0 Å². The van der Waals surface area contributed by atoms with Gasteiger partial charge in [0.15, 0.2) is 5.13 Å². The second-order valence-electron chi connectivity index (χ2n) is 10.3. The molecule has 1 aromatic rings. The number of carbonyl (C=O) groups is 2. The molecule has 3 rings (SSSR count). The lowest BCUT2D eigenvalue weighted by atomic mass is 9.89. The first-order chi connectivity index (χ1) is 18.2. The highest BCUT2D eigenvalue weighted by molar-refractivity contribution is 8.01. The number of thiazole rings is 1. The molecule has 0 unspecified atom stereocenters. The van der Waals surface area contributed by atoms with Gasteiger partial charge in [0.05, 0.1) is 16.3 Å². The first-order valence-corrected chi connectivity index (χ1v) is 16.2. The lowest BCUT2D eigenvalue weighted by Gasteiger charge is -2.41. The average Bonchev–Trinajstić information content (AvgIpc) is 3.24. The van der Waals surface area contributed by atoms with Crippen molar-refractivity contribution in [3.05, 3.63) is 30.5 Å². The van der Waals surface area contributed by atoms with Crippen molar-refractivity contribution in [1.82, 2.24) is 9.88 Å². The van der Waals surface area contributed by atoms with Crippen LogP contribution in [0.2, 0.25) is 0 Å². The Morgan fingerprint density at radius 3 is 1.97 bits per heavy atom. The van der Waals surface area contributed by atoms with Crippen molar-refractivity contribution >= 4 is 40.2 Å². The van der Waals surface area contributed by atoms with Crippen LogP contribution in [-0.2, 0) is 11.2 Å². The largest absolute Gasteiger partial charge is 0.481 e. The van der Waals surface area contributed by atoms with Gasteiger partial charge in [-0.15, -0.1) is 11.8 Å². The SMILES string of the molecule is C=C/C=C\C(C)C.CC.CC(C)Sc1sc(NC(=O)N(C2CCCCC2)C2CCCCC2)nc1CC(=O)O. The van der Waals surface area contributed by atoms with Crippen LogP contribution >= 0.6 is 23.1 Å². The molecular weight excluding hydrogens is 514 g/mol. The number of aromatic nitrogens is 1. The van der Waals surface area contributed by atoms with Crippen LogP contribution in [0.3, 0.4) is 0 Å². The Morgan fingerprint density at radius 2 is 1.58 bits per heavy atom. The third-order valence-electron chi connectivity index (χ3n) is 6.34. The fourth-order valence-corrected chi connectivity index (χ4v) is 7.15. The quantitative estimate of drug-likeness (QED) is 0.230. The zero-order valence-electron chi connectivity index (χ0n) is 24.5. The van der Waals surface area contributed by atoms with E-state index in [1.54, 1.807) is 17.8 Å². The van der Waals surface area contributed by atoms with Crippen molar-refractivity contribution < 1.29 is 14.7 Å². The number of hydrogen-bond donors (Lipinski definition) is 2. The smallest absolute Gasteiger partial charge is 0.324 e. The summed E-state index contributed by atoms with van der Waals surface area (Å²) in [6, 6.07) is 0.574. The second-order valence-corrected chi connectivity index (χ2v) is 13.1. The minimum Gasteiger partial charge on any atom is -0.481 e. The van der Waals surface area contributed by atoms with Gasteiger partial charge in [0.25, 0.3) is 0 Å². The number of aliphatic carboxylic acids is 1. The lowest BCUT2D eigenvalue weighted by Crippen LogP contribution is -2.50. The number of carboxylic acids is 1. The molecule has 0 spiro atoms. The average molecular weight is 566 g/mol. The van der Waals surface area contributed by atoms with E-state index in [2.05, 4.69) is 55.6 Å². The number of amides is 2. The Labute approximate surface area is 239 Å². The number of rotatable bonds is 9. The van der Waals surface area contributed by atoms with Crippen molar-refractivity contribution in [3.8, 4) is 0 Å². The molecule has 2 fully saturated rings. The van der Waals surface area contributed by atoms with Crippen LogP contribution < -0.4 is 5.32 Å². The Kier molecular flexibility index (Phi) is 17.4. The fourth-order valence-electron chi connectivity index (χ4n) is 4.76. The van der Waals surface area contributed by atoms with Gasteiger partial charge >= 0.3 is 12.0 Å². The molecule has 8 heteroatoms. The number of nitrogens with one attached hydrogen (secondary N) is 1. The third-order valence-corrected chi connectivity index (χ3v) is 8.61. The Morgan fingerprint density at radius 1 is 1.05 bits per heavy atom. The highest BCUT2D eigenvalue weighted by atomic mass is 32.2. The van der Waals surface area contributed by atoms with E-state index in [-0.39, 0.29) is 12.5 Å². The number of hydrogen-bond acceptors (Lipinski definition) is 5. The maximum Gasteiger partial charge on any atom is 0.324 e. The maximum atomic E-state index is 13.3. The number of thioether (sulfide) groups is 1. The van der Waals surface area contributed by atoms with E-state index in [1.807, 2.05) is 19.9 Å². The summed E-state index contributed by atoms with van der Waals surface area (Å²) in [6.07, 6.45) is 17.4. The van der Waals surface area contributed by atoms with E-state index >= 15 is 0 Å². The van der Waals surface area contributed by atoms with Crippen molar-refractivity contribution in [2.45, 2.75) is 134 Å². The summed E-state index contributed by atoms with van der Waals surface area (Å²) in [4.78, 5) is 31.1.